The van der Waals surface area contributed by atoms with Gasteiger partial charge in [0.25, 0.3) is 11.8 Å². The molecule has 11 heteroatoms. The highest BCUT2D eigenvalue weighted by Crippen LogP contribution is 2.25. The number of aromatic nitrogens is 1. The van der Waals surface area contributed by atoms with E-state index in [2.05, 4.69) is 4.74 Å². The van der Waals surface area contributed by atoms with Crippen molar-refractivity contribution in [1.82, 2.24) is 9.47 Å². The molecule has 0 spiro atoms. The summed E-state index contributed by atoms with van der Waals surface area (Å²) in [5.74, 6) is -1.51. The van der Waals surface area contributed by atoms with Gasteiger partial charge >= 0.3 is 6.36 Å². The van der Waals surface area contributed by atoms with Gasteiger partial charge in [-0.05, 0) is 55.0 Å². The average molecular weight is 503 g/mol. The van der Waals surface area contributed by atoms with Gasteiger partial charge in [0.1, 0.15) is 11.5 Å². The van der Waals surface area contributed by atoms with E-state index in [0.29, 0.717) is 22.6 Å². The summed E-state index contributed by atoms with van der Waals surface area (Å²) in [7, 11) is 2.95. The van der Waals surface area contributed by atoms with E-state index in [9.17, 15) is 27.6 Å². The number of primary amides is 1. The van der Waals surface area contributed by atoms with Crippen LogP contribution in [0.4, 0.5) is 13.2 Å². The fourth-order valence-electron chi connectivity index (χ4n) is 3.68. The number of ether oxygens (including phenoxy) is 2. The van der Waals surface area contributed by atoms with Crippen molar-refractivity contribution in [1.29, 1.82) is 0 Å². The number of alkyl halides is 3. The second-order valence-electron chi connectivity index (χ2n) is 7.99. The number of nitrogens with zero attached hydrogens (tertiary/aromatic N) is 2. The maximum atomic E-state index is 13.2. The quantitative estimate of drug-likeness (QED) is 0.448. The van der Waals surface area contributed by atoms with Crippen LogP contribution < -0.4 is 15.2 Å². The number of carbonyl (C=O) groups is 3. The van der Waals surface area contributed by atoms with E-state index in [1.54, 1.807) is 37.3 Å². The molecule has 0 unspecified atom stereocenters. The van der Waals surface area contributed by atoms with Gasteiger partial charge in [0, 0.05) is 24.8 Å². The van der Waals surface area contributed by atoms with Crippen LogP contribution in [0, 0.1) is 6.92 Å². The summed E-state index contributed by atoms with van der Waals surface area (Å²) in [6.45, 7) is 1.22. The van der Waals surface area contributed by atoms with Crippen LogP contribution in [0.25, 0.3) is 0 Å². The van der Waals surface area contributed by atoms with Crippen molar-refractivity contribution in [2.75, 3.05) is 20.7 Å². The molecule has 190 valence electrons. The first-order chi connectivity index (χ1) is 16.9. The van der Waals surface area contributed by atoms with Crippen molar-refractivity contribution in [3.63, 3.8) is 0 Å². The summed E-state index contributed by atoms with van der Waals surface area (Å²) in [6.07, 6.45) is -4.86. The molecule has 0 aliphatic rings. The summed E-state index contributed by atoms with van der Waals surface area (Å²) in [4.78, 5) is 39.1. The number of Topliss-reactive ketones (excluding diaryl/α,β-unsaturated/α-hetero) is 1. The number of likely N-dealkylation sites (N-methyl/N-ethyl adjacent to an activating group) is 1. The number of methoxy groups -OCH3 is 1. The standard InChI is InChI=1S/C25H24F3N3O5/c1-15-20(23(29)33)12-21(31(15)13-16-5-4-6-19(11-16)36-25(26,27)28)22(32)14-30(2)24(34)17-7-9-18(35-3)10-8-17/h4-12H,13-14H2,1-3H3,(H2,29,33). The van der Waals surface area contributed by atoms with E-state index >= 15 is 0 Å². The molecule has 2 aromatic carbocycles. The lowest BCUT2D eigenvalue weighted by atomic mass is 10.1. The normalized spacial score (nSPS) is 11.2. The molecule has 2 N–H and O–H groups in total. The Balaban J connectivity index is 1.87. The van der Waals surface area contributed by atoms with E-state index in [-0.39, 0.29) is 24.3 Å². The Kier molecular flexibility index (Phi) is 7.71. The molecule has 0 atom stereocenters. The molecule has 0 aliphatic carbocycles. The van der Waals surface area contributed by atoms with E-state index in [0.717, 1.165) is 6.07 Å². The monoisotopic (exact) mass is 503 g/mol. The fourth-order valence-corrected chi connectivity index (χ4v) is 3.68. The molecule has 0 bridgehead atoms. The van der Waals surface area contributed by atoms with E-state index in [4.69, 9.17) is 10.5 Å². The van der Waals surface area contributed by atoms with Crippen molar-refractivity contribution < 1.29 is 37.0 Å². The number of carbonyl (C=O) groups excluding carboxylic acids is 3. The minimum absolute atomic E-state index is 0.0363. The maximum absolute atomic E-state index is 13.2. The molecular formula is C25H24F3N3O5. The lowest BCUT2D eigenvalue weighted by Gasteiger charge is -2.18. The number of amides is 2. The second kappa shape index (κ2) is 10.5. The zero-order valence-corrected chi connectivity index (χ0v) is 19.8. The zero-order chi connectivity index (χ0) is 26.6. The van der Waals surface area contributed by atoms with Crippen molar-refractivity contribution in [2.24, 2.45) is 5.73 Å². The van der Waals surface area contributed by atoms with E-state index in [1.807, 2.05) is 0 Å². The first kappa shape index (κ1) is 26.3. The Labute approximate surface area is 205 Å². The lowest BCUT2D eigenvalue weighted by molar-refractivity contribution is -0.274. The Morgan fingerprint density at radius 2 is 1.69 bits per heavy atom. The fraction of sp³-hybridized carbons (Fsp3) is 0.240. The van der Waals surface area contributed by atoms with Gasteiger partial charge in [-0.1, -0.05) is 12.1 Å². The van der Waals surface area contributed by atoms with Gasteiger partial charge in [-0.3, -0.25) is 14.4 Å². The summed E-state index contributed by atoms with van der Waals surface area (Å²) < 4.78 is 48.3. The molecule has 2 amide bonds. The minimum Gasteiger partial charge on any atom is -0.497 e. The van der Waals surface area contributed by atoms with Gasteiger partial charge in [-0.25, -0.2) is 0 Å². The maximum Gasteiger partial charge on any atom is 0.573 e. The Bertz CT molecular complexity index is 1280. The number of hydrogen-bond acceptors (Lipinski definition) is 5. The van der Waals surface area contributed by atoms with Crippen LogP contribution in [0.15, 0.2) is 54.6 Å². The van der Waals surface area contributed by atoms with Crippen molar-refractivity contribution in [3.8, 4) is 11.5 Å². The predicted molar refractivity (Wildman–Crippen MR) is 124 cm³/mol. The molecule has 0 saturated carbocycles. The number of halogens is 3. The van der Waals surface area contributed by atoms with Crippen LogP contribution in [-0.4, -0.2) is 54.1 Å². The zero-order valence-electron chi connectivity index (χ0n) is 19.8. The van der Waals surface area contributed by atoms with Crippen molar-refractivity contribution >= 4 is 17.6 Å². The molecule has 0 fully saturated rings. The molecule has 8 nitrogen and oxygen atoms in total. The molecule has 0 radical (unpaired) electrons. The number of hydrogen-bond donors (Lipinski definition) is 1. The van der Waals surface area contributed by atoms with Crippen molar-refractivity contribution in [2.45, 2.75) is 19.8 Å². The van der Waals surface area contributed by atoms with Gasteiger partial charge in [0.2, 0.25) is 0 Å². The first-order valence-corrected chi connectivity index (χ1v) is 10.7. The molecule has 36 heavy (non-hydrogen) atoms. The van der Waals surface area contributed by atoms with Gasteiger partial charge in [-0.2, -0.15) is 0 Å². The third-order valence-electron chi connectivity index (χ3n) is 5.45. The Hall–Kier alpha value is -4.28. The number of nitrogens with two attached hydrogens (primary N) is 1. The van der Waals surface area contributed by atoms with Gasteiger partial charge in [-0.15, -0.1) is 13.2 Å². The molecule has 1 aromatic heterocycles. The van der Waals surface area contributed by atoms with Gasteiger partial charge in [0.15, 0.2) is 5.78 Å². The largest absolute Gasteiger partial charge is 0.573 e. The van der Waals surface area contributed by atoms with Crippen LogP contribution in [0.3, 0.4) is 0 Å². The van der Waals surface area contributed by atoms with Crippen LogP contribution in [-0.2, 0) is 6.54 Å². The highest BCUT2D eigenvalue weighted by Gasteiger charge is 2.31. The second-order valence-corrected chi connectivity index (χ2v) is 7.99. The lowest BCUT2D eigenvalue weighted by Crippen LogP contribution is -2.33. The molecule has 3 rings (SSSR count). The SMILES string of the molecule is COc1ccc(C(=O)N(C)CC(=O)c2cc(C(N)=O)c(C)n2Cc2cccc(OC(F)(F)F)c2)cc1. The van der Waals surface area contributed by atoms with Crippen molar-refractivity contribution in [3.05, 3.63) is 82.7 Å². The summed E-state index contributed by atoms with van der Waals surface area (Å²) in [5, 5.41) is 0. The molecule has 0 saturated heterocycles. The van der Waals surface area contributed by atoms with Crippen LogP contribution >= 0.6 is 0 Å². The summed E-state index contributed by atoms with van der Waals surface area (Å²) in [6, 6.07) is 13.0. The average Bonchev–Trinajstić information content (AvgIpc) is 3.14. The van der Waals surface area contributed by atoms with Crippen LogP contribution in [0.1, 0.15) is 42.5 Å². The molecular weight excluding hydrogens is 479 g/mol. The number of rotatable bonds is 9. The van der Waals surface area contributed by atoms with Crippen LogP contribution in [0.2, 0.25) is 0 Å². The van der Waals surface area contributed by atoms with E-state index in [1.165, 1.54) is 41.8 Å². The molecule has 3 aromatic rings. The number of benzene rings is 2. The van der Waals surface area contributed by atoms with Gasteiger partial charge in [0.05, 0.1) is 24.9 Å². The topological polar surface area (TPSA) is 104 Å². The molecule has 1 heterocycles. The first-order valence-electron chi connectivity index (χ1n) is 10.7. The van der Waals surface area contributed by atoms with E-state index < -0.39 is 29.7 Å². The number of ketones is 1. The minimum atomic E-state index is -4.86. The smallest absolute Gasteiger partial charge is 0.497 e. The van der Waals surface area contributed by atoms with Gasteiger partial charge < -0.3 is 24.7 Å². The predicted octanol–water partition coefficient (Wildman–Crippen LogP) is 3.81. The summed E-state index contributed by atoms with van der Waals surface area (Å²) >= 11 is 0. The highest BCUT2D eigenvalue weighted by molar-refractivity contribution is 6.04. The Morgan fingerprint density at radius 1 is 1.03 bits per heavy atom. The Morgan fingerprint density at radius 3 is 2.28 bits per heavy atom. The van der Waals surface area contributed by atoms with Crippen LogP contribution in [0.5, 0.6) is 11.5 Å². The summed E-state index contributed by atoms with van der Waals surface area (Å²) in [5.41, 5.74) is 6.71. The third kappa shape index (κ3) is 6.23. The third-order valence-corrected chi connectivity index (χ3v) is 5.45. The molecule has 0 aliphatic heterocycles. The highest BCUT2D eigenvalue weighted by atomic mass is 19.4.